The number of carboxylic acid groups (broad SMARTS) is 2. The van der Waals surface area contributed by atoms with Crippen molar-refractivity contribution >= 4 is 46.5 Å². The smallest absolute Gasteiger partial charge is 0.338 e. The van der Waals surface area contributed by atoms with Crippen LogP contribution < -0.4 is 21.7 Å². The number of carboxylic acids is 2. The second-order valence-electron chi connectivity index (χ2n) is 7.31. The van der Waals surface area contributed by atoms with Crippen LogP contribution in [0.2, 0.25) is 0 Å². The van der Waals surface area contributed by atoms with Crippen molar-refractivity contribution in [2.75, 3.05) is 23.4 Å². The number of carbonyl (C=O) groups excluding carboxylic acids is 1. The van der Waals surface area contributed by atoms with Crippen LogP contribution in [0, 0.1) is 0 Å². The number of carbonyl (C=O) groups is 3. The van der Waals surface area contributed by atoms with Crippen molar-refractivity contribution in [3.05, 3.63) is 41.7 Å². The molecule has 7 N–H and O–H groups in total. The van der Waals surface area contributed by atoms with Crippen LogP contribution in [0.3, 0.4) is 0 Å². The summed E-state index contributed by atoms with van der Waals surface area (Å²) in [5.41, 5.74) is 13.4. The molecule has 0 radical (unpaired) electrons. The lowest BCUT2D eigenvalue weighted by Gasteiger charge is -2.19. The van der Waals surface area contributed by atoms with Crippen molar-refractivity contribution in [2.45, 2.75) is 25.2 Å². The van der Waals surface area contributed by atoms with E-state index in [0.29, 0.717) is 23.4 Å². The first-order valence-corrected chi connectivity index (χ1v) is 9.81. The third-order valence-corrected chi connectivity index (χ3v) is 4.78. The number of aliphatic carboxylic acids is 2. The molecule has 1 amide bonds. The fourth-order valence-corrected chi connectivity index (χ4v) is 3.03. The second-order valence-corrected chi connectivity index (χ2v) is 7.31. The van der Waals surface area contributed by atoms with Crippen molar-refractivity contribution in [3.8, 4) is 0 Å². The highest BCUT2D eigenvalue weighted by atomic mass is 19.1. The molecule has 0 saturated heterocycles. The molecule has 0 spiro atoms. The zero-order valence-corrected chi connectivity index (χ0v) is 17.8. The average Bonchev–Trinajstić information content (AvgIpc) is 2.78. The number of hydrogen-bond donors (Lipinski definition) is 5. The molecule has 2 heterocycles. The topological polar surface area (TPSA) is 211 Å². The number of nitrogens with one attached hydrogen (secondary N) is 1. The largest absolute Gasteiger partial charge is 0.480 e. The lowest BCUT2D eigenvalue weighted by Crippen LogP contribution is -2.43. The molecule has 0 bridgehead atoms. The second kappa shape index (κ2) is 9.89. The number of benzene rings is 1. The van der Waals surface area contributed by atoms with Crippen LogP contribution in [0.15, 0.2) is 30.5 Å². The minimum Gasteiger partial charge on any atom is -0.480 e. The zero-order valence-electron chi connectivity index (χ0n) is 17.8. The van der Waals surface area contributed by atoms with E-state index in [0.717, 1.165) is 0 Å². The molecule has 0 fully saturated rings. The fourth-order valence-electron chi connectivity index (χ4n) is 3.03. The van der Waals surface area contributed by atoms with Crippen molar-refractivity contribution < 1.29 is 29.0 Å². The van der Waals surface area contributed by atoms with Crippen LogP contribution in [-0.4, -0.2) is 67.3 Å². The van der Waals surface area contributed by atoms with E-state index in [2.05, 4.69) is 25.3 Å². The summed E-state index contributed by atoms with van der Waals surface area (Å²) in [5.74, 6) is -4.03. The Balaban J connectivity index is 1.68. The molecule has 2 aromatic heterocycles. The van der Waals surface area contributed by atoms with Gasteiger partial charge in [-0.3, -0.25) is 4.79 Å². The lowest BCUT2D eigenvalue weighted by atomic mass is 10.1. The highest BCUT2D eigenvalue weighted by Crippen LogP contribution is 2.19. The Kier molecular flexibility index (Phi) is 6.99. The average molecular weight is 472 g/mol. The quantitative estimate of drug-likeness (QED) is 0.283. The van der Waals surface area contributed by atoms with Crippen molar-refractivity contribution in [2.24, 2.45) is 0 Å². The molecule has 0 aliphatic rings. The van der Waals surface area contributed by atoms with Gasteiger partial charge in [0.05, 0.1) is 18.4 Å². The molecule has 13 nitrogen and oxygen atoms in total. The Bertz CT molecular complexity index is 1240. The van der Waals surface area contributed by atoms with Gasteiger partial charge in [0.25, 0.3) is 5.91 Å². The van der Waals surface area contributed by atoms with Gasteiger partial charge in [-0.25, -0.2) is 23.9 Å². The van der Waals surface area contributed by atoms with Crippen LogP contribution >= 0.6 is 0 Å². The molecule has 1 unspecified atom stereocenters. The van der Waals surface area contributed by atoms with Crippen LogP contribution in [-0.2, 0) is 16.1 Å². The fraction of sp³-hybridized carbons (Fsp3) is 0.250. The van der Waals surface area contributed by atoms with Gasteiger partial charge in [-0.15, -0.1) is 0 Å². The first kappa shape index (κ1) is 24.0. The van der Waals surface area contributed by atoms with E-state index in [1.54, 1.807) is 19.2 Å². The Hall–Kier alpha value is -4.62. The van der Waals surface area contributed by atoms with Gasteiger partial charge in [-0.05, 0) is 24.3 Å². The van der Waals surface area contributed by atoms with E-state index in [1.165, 1.54) is 18.3 Å². The summed E-state index contributed by atoms with van der Waals surface area (Å²) in [6.45, 7) is 0.326. The number of amides is 1. The van der Waals surface area contributed by atoms with Crippen molar-refractivity contribution in [1.29, 1.82) is 0 Å². The van der Waals surface area contributed by atoms with Gasteiger partial charge in [-0.1, -0.05) is 0 Å². The summed E-state index contributed by atoms with van der Waals surface area (Å²) in [4.78, 5) is 52.5. The molecule has 14 heteroatoms. The Morgan fingerprint density at radius 1 is 1.09 bits per heavy atom. The standard InChI is InChI=1S/C20H21FN8O5/c1-29(8-10-7-24-16-14(25-10)15(22)27-20(23)28-16)11-4-2-9(3-5-11)17(30)26-13(19(33)34)6-12(21)18(31)32/h2-5,7,12-13H,6,8H2,1H3,(H,26,30)(H,31,32)(H,33,34)(H4,22,23,24,27,28)/t12?,13-/m0/s1. The summed E-state index contributed by atoms with van der Waals surface area (Å²) in [7, 11) is 1.78. The normalized spacial score (nSPS) is 12.6. The van der Waals surface area contributed by atoms with Crippen molar-refractivity contribution in [3.63, 3.8) is 0 Å². The number of fused-ring (bicyclic) bond motifs is 1. The number of hydrogen-bond acceptors (Lipinski definition) is 10. The van der Waals surface area contributed by atoms with Crippen LogP contribution in [0.4, 0.5) is 21.8 Å². The SMILES string of the molecule is CN(Cc1cnc2nc(N)nc(N)c2n1)c1ccc(C(=O)N[C@@H](CC(F)C(=O)O)C(=O)O)cc1. The molecule has 3 rings (SSSR count). The maximum atomic E-state index is 13.4. The molecular formula is C20H21FN8O5. The van der Waals surface area contributed by atoms with Crippen LogP contribution in [0.5, 0.6) is 0 Å². The number of aromatic nitrogens is 4. The summed E-state index contributed by atoms with van der Waals surface area (Å²) in [6.07, 6.45) is -1.80. The third-order valence-electron chi connectivity index (χ3n) is 4.78. The Labute approximate surface area is 191 Å². The minimum absolute atomic E-state index is 0.00522. The highest BCUT2D eigenvalue weighted by Gasteiger charge is 2.28. The number of halogens is 1. The van der Waals surface area contributed by atoms with Crippen molar-refractivity contribution in [1.82, 2.24) is 25.3 Å². The van der Waals surface area contributed by atoms with E-state index < -0.39 is 36.5 Å². The van der Waals surface area contributed by atoms with E-state index in [-0.39, 0.29) is 23.0 Å². The summed E-state index contributed by atoms with van der Waals surface area (Å²) >= 11 is 0. The highest BCUT2D eigenvalue weighted by molar-refractivity contribution is 5.97. The maximum Gasteiger partial charge on any atom is 0.338 e. The predicted molar refractivity (Wildman–Crippen MR) is 119 cm³/mol. The molecule has 3 aromatic rings. The number of nitrogen functional groups attached to an aromatic ring is 2. The number of nitrogens with zero attached hydrogens (tertiary/aromatic N) is 5. The molecule has 178 valence electrons. The van der Waals surface area contributed by atoms with Gasteiger partial charge in [0, 0.05) is 24.7 Å². The number of anilines is 3. The summed E-state index contributed by atoms with van der Waals surface area (Å²) < 4.78 is 13.4. The third kappa shape index (κ3) is 5.59. The first-order valence-electron chi connectivity index (χ1n) is 9.81. The Morgan fingerprint density at radius 2 is 1.76 bits per heavy atom. The Morgan fingerprint density at radius 3 is 2.38 bits per heavy atom. The number of nitrogens with two attached hydrogens (primary N) is 2. The van der Waals surface area contributed by atoms with E-state index in [9.17, 15) is 18.8 Å². The first-order chi connectivity index (χ1) is 16.0. The minimum atomic E-state index is -2.42. The monoisotopic (exact) mass is 472 g/mol. The summed E-state index contributed by atoms with van der Waals surface area (Å²) in [6, 6.07) is 4.44. The maximum absolute atomic E-state index is 13.4. The molecule has 1 aromatic carbocycles. The van der Waals surface area contributed by atoms with E-state index >= 15 is 0 Å². The van der Waals surface area contributed by atoms with Crippen LogP contribution in [0.1, 0.15) is 22.5 Å². The zero-order chi connectivity index (χ0) is 25.0. The van der Waals surface area contributed by atoms with Crippen LogP contribution in [0.25, 0.3) is 11.2 Å². The number of alkyl halides is 1. The van der Waals surface area contributed by atoms with Gasteiger partial charge in [0.15, 0.2) is 23.2 Å². The van der Waals surface area contributed by atoms with Gasteiger partial charge in [0.2, 0.25) is 5.95 Å². The van der Waals surface area contributed by atoms with E-state index in [4.69, 9.17) is 21.7 Å². The molecule has 2 atom stereocenters. The predicted octanol–water partition coefficient (Wildman–Crippen LogP) is 0.216. The van der Waals surface area contributed by atoms with E-state index in [1.807, 2.05) is 4.90 Å². The van der Waals surface area contributed by atoms with Gasteiger partial charge >= 0.3 is 11.9 Å². The molecule has 0 aliphatic heterocycles. The van der Waals surface area contributed by atoms with Gasteiger partial charge < -0.3 is 31.9 Å². The molecule has 0 aliphatic carbocycles. The summed E-state index contributed by atoms with van der Waals surface area (Å²) in [5, 5.41) is 19.9. The molecular weight excluding hydrogens is 451 g/mol. The van der Waals surface area contributed by atoms with Gasteiger partial charge in [0.1, 0.15) is 6.04 Å². The molecule has 34 heavy (non-hydrogen) atoms. The number of rotatable bonds is 9. The lowest BCUT2D eigenvalue weighted by molar-refractivity contribution is -0.145. The van der Waals surface area contributed by atoms with Gasteiger partial charge in [-0.2, -0.15) is 9.97 Å². The molecule has 0 saturated carbocycles.